The van der Waals surface area contributed by atoms with Crippen molar-refractivity contribution in [1.82, 2.24) is 30.3 Å². The molecule has 1 aliphatic heterocycles. The van der Waals surface area contributed by atoms with Crippen molar-refractivity contribution >= 4 is 41.5 Å². The van der Waals surface area contributed by atoms with Crippen LogP contribution in [0.3, 0.4) is 0 Å². The highest BCUT2D eigenvalue weighted by Crippen LogP contribution is 2.27. The lowest BCUT2D eigenvalue weighted by Gasteiger charge is -2.31. The van der Waals surface area contributed by atoms with Crippen molar-refractivity contribution < 1.29 is 0 Å². The molecule has 1 aromatic carbocycles. The molecule has 3 rings (SSSR count). The molecule has 1 unspecified atom stereocenters. The van der Waals surface area contributed by atoms with E-state index < -0.39 is 0 Å². The molecule has 2 heterocycles. The molecule has 2 aromatic rings. The first-order valence-electron chi connectivity index (χ1n) is 10.5. The van der Waals surface area contributed by atoms with Crippen LogP contribution >= 0.6 is 35.6 Å². The van der Waals surface area contributed by atoms with E-state index >= 15 is 0 Å². The Morgan fingerprint density at radius 2 is 1.97 bits per heavy atom. The quantitative estimate of drug-likeness (QED) is 0.301. The van der Waals surface area contributed by atoms with E-state index in [0.717, 1.165) is 54.2 Å². The van der Waals surface area contributed by atoms with Gasteiger partial charge in [-0.25, -0.2) is 0 Å². The number of hydrogen-bond donors (Lipinski definition) is 2. The average Bonchev–Trinajstić information content (AvgIpc) is 3.17. The lowest BCUT2D eigenvalue weighted by Crippen LogP contribution is -2.43. The van der Waals surface area contributed by atoms with E-state index in [2.05, 4.69) is 55.2 Å². The first-order valence-corrected chi connectivity index (χ1v) is 10.9. The second-order valence-corrected chi connectivity index (χ2v) is 7.61. The summed E-state index contributed by atoms with van der Waals surface area (Å²) in [7, 11) is 1.79. The van der Waals surface area contributed by atoms with Crippen molar-refractivity contribution in [2.75, 3.05) is 26.7 Å². The summed E-state index contributed by atoms with van der Waals surface area (Å²) < 4.78 is 2.23. The second kappa shape index (κ2) is 12.5. The molecule has 0 aliphatic carbocycles. The Morgan fingerprint density at radius 3 is 2.67 bits per heavy atom. The third kappa shape index (κ3) is 6.07. The van der Waals surface area contributed by atoms with Crippen molar-refractivity contribution in [1.29, 1.82) is 0 Å². The topological polar surface area (TPSA) is 70.4 Å². The van der Waals surface area contributed by atoms with Crippen LogP contribution in [0.15, 0.2) is 29.3 Å². The summed E-state index contributed by atoms with van der Waals surface area (Å²) in [5.74, 6) is 2.81. The third-order valence-electron chi connectivity index (χ3n) is 5.55. The number of nitrogens with one attached hydrogen (secondary N) is 2. The molecule has 1 aliphatic rings. The monoisotopic (exact) mass is 545 g/mol. The van der Waals surface area contributed by atoms with Gasteiger partial charge in [-0.15, -0.1) is 34.2 Å². The third-order valence-corrected chi connectivity index (χ3v) is 5.90. The predicted molar refractivity (Wildman–Crippen MR) is 134 cm³/mol. The number of guanidine groups is 1. The minimum absolute atomic E-state index is 0. The SMILES string of the molecule is CCN(CC)C(CNC(=NC)NCc1nnc2n1CCCC2)c1ccccc1Cl.I. The van der Waals surface area contributed by atoms with Crippen molar-refractivity contribution in [3.05, 3.63) is 46.5 Å². The Kier molecular flexibility index (Phi) is 10.3. The Balaban J connectivity index is 0.00000320. The smallest absolute Gasteiger partial charge is 0.191 e. The number of fused-ring (bicyclic) bond motifs is 1. The van der Waals surface area contributed by atoms with Gasteiger partial charge >= 0.3 is 0 Å². The molecular formula is C21H33ClIN7. The summed E-state index contributed by atoms with van der Waals surface area (Å²) in [6.45, 7) is 8.57. The molecule has 0 fully saturated rings. The molecule has 2 N–H and O–H groups in total. The Bertz CT molecular complexity index is 819. The summed E-state index contributed by atoms with van der Waals surface area (Å²) in [6.07, 6.45) is 3.40. The molecule has 0 saturated heterocycles. The zero-order valence-corrected chi connectivity index (χ0v) is 21.2. The van der Waals surface area contributed by atoms with Gasteiger partial charge in [0.2, 0.25) is 0 Å². The molecule has 0 spiro atoms. The van der Waals surface area contributed by atoms with E-state index in [-0.39, 0.29) is 30.0 Å². The van der Waals surface area contributed by atoms with Gasteiger partial charge in [0.1, 0.15) is 5.82 Å². The van der Waals surface area contributed by atoms with E-state index in [4.69, 9.17) is 11.6 Å². The molecule has 0 radical (unpaired) electrons. The van der Waals surface area contributed by atoms with Crippen LogP contribution in [-0.4, -0.2) is 52.3 Å². The van der Waals surface area contributed by atoms with Gasteiger partial charge in [0.05, 0.1) is 12.6 Å². The lowest BCUT2D eigenvalue weighted by molar-refractivity contribution is 0.219. The molecule has 7 nitrogen and oxygen atoms in total. The van der Waals surface area contributed by atoms with Crippen LogP contribution in [0, 0.1) is 0 Å². The van der Waals surface area contributed by atoms with Gasteiger partial charge in [-0.05, 0) is 37.6 Å². The summed E-state index contributed by atoms with van der Waals surface area (Å²) in [5.41, 5.74) is 1.13. The number of rotatable bonds is 8. The number of benzene rings is 1. The van der Waals surface area contributed by atoms with Crippen LogP contribution < -0.4 is 10.6 Å². The highest BCUT2D eigenvalue weighted by molar-refractivity contribution is 14.0. The van der Waals surface area contributed by atoms with Crippen LogP contribution in [0.25, 0.3) is 0 Å². The van der Waals surface area contributed by atoms with Gasteiger partial charge in [-0.1, -0.05) is 43.6 Å². The standard InChI is InChI=1S/C21H32ClN7.HI/c1-4-28(5-2)18(16-10-6-7-11-17(16)22)14-24-21(23-3)25-15-20-27-26-19-12-8-9-13-29(19)20;/h6-7,10-11,18H,4-5,8-9,12-15H2,1-3H3,(H2,23,24,25);1H. The zero-order chi connectivity index (χ0) is 20.6. The normalized spacial score (nSPS) is 14.8. The van der Waals surface area contributed by atoms with Crippen LogP contribution in [0.1, 0.15) is 49.9 Å². The summed E-state index contributed by atoms with van der Waals surface area (Å²) in [6, 6.07) is 8.23. The first-order chi connectivity index (χ1) is 14.2. The van der Waals surface area contributed by atoms with E-state index in [1.54, 1.807) is 7.05 Å². The fourth-order valence-electron chi connectivity index (χ4n) is 3.92. The fourth-order valence-corrected chi connectivity index (χ4v) is 4.18. The van der Waals surface area contributed by atoms with Crippen molar-refractivity contribution in [2.45, 2.75) is 52.2 Å². The number of aliphatic imine (C=N–C) groups is 1. The van der Waals surface area contributed by atoms with E-state index in [1.165, 1.54) is 12.8 Å². The minimum atomic E-state index is 0. The van der Waals surface area contributed by atoms with Gasteiger partial charge < -0.3 is 15.2 Å². The predicted octanol–water partition coefficient (Wildman–Crippen LogP) is 3.63. The fraction of sp³-hybridized carbons (Fsp3) is 0.571. The lowest BCUT2D eigenvalue weighted by atomic mass is 10.0. The van der Waals surface area contributed by atoms with Crippen molar-refractivity contribution in [3.63, 3.8) is 0 Å². The molecule has 0 bridgehead atoms. The molecular weight excluding hydrogens is 513 g/mol. The van der Waals surface area contributed by atoms with Crippen LogP contribution in [0.4, 0.5) is 0 Å². The summed E-state index contributed by atoms with van der Waals surface area (Å²) >= 11 is 6.50. The maximum atomic E-state index is 6.50. The highest BCUT2D eigenvalue weighted by Gasteiger charge is 2.21. The number of aryl methyl sites for hydroxylation is 1. The second-order valence-electron chi connectivity index (χ2n) is 7.21. The number of likely N-dealkylation sites (N-methyl/N-ethyl adjacent to an activating group) is 1. The largest absolute Gasteiger partial charge is 0.354 e. The maximum Gasteiger partial charge on any atom is 0.191 e. The molecule has 0 amide bonds. The highest BCUT2D eigenvalue weighted by atomic mass is 127. The maximum absolute atomic E-state index is 6.50. The number of halogens is 2. The van der Waals surface area contributed by atoms with E-state index in [0.29, 0.717) is 13.1 Å². The Hall–Kier alpha value is -1.39. The van der Waals surface area contributed by atoms with Gasteiger partial charge in [0.25, 0.3) is 0 Å². The van der Waals surface area contributed by atoms with Gasteiger partial charge in [0, 0.05) is 31.6 Å². The molecule has 166 valence electrons. The Labute approximate surface area is 201 Å². The summed E-state index contributed by atoms with van der Waals surface area (Å²) in [4.78, 5) is 6.78. The van der Waals surface area contributed by atoms with E-state index in [1.807, 2.05) is 18.2 Å². The summed E-state index contributed by atoms with van der Waals surface area (Å²) in [5, 5.41) is 16.3. The number of hydrogen-bond acceptors (Lipinski definition) is 4. The van der Waals surface area contributed by atoms with Crippen LogP contribution in [-0.2, 0) is 19.5 Å². The van der Waals surface area contributed by atoms with Crippen molar-refractivity contribution in [3.8, 4) is 0 Å². The van der Waals surface area contributed by atoms with Gasteiger partial charge in [-0.2, -0.15) is 0 Å². The average molecular weight is 546 g/mol. The first kappa shape index (κ1) is 24.9. The van der Waals surface area contributed by atoms with Crippen LogP contribution in [0.5, 0.6) is 0 Å². The number of aromatic nitrogens is 3. The molecule has 9 heteroatoms. The molecule has 30 heavy (non-hydrogen) atoms. The number of nitrogens with zero attached hydrogens (tertiary/aromatic N) is 5. The van der Waals surface area contributed by atoms with E-state index in [9.17, 15) is 0 Å². The van der Waals surface area contributed by atoms with Crippen LogP contribution in [0.2, 0.25) is 5.02 Å². The minimum Gasteiger partial charge on any atom is -0.354 e. The molecule has 1 aromatic heterocycles. The molecule has 0 saturated carbocycles. The zero-order valence-electron chi connectivity index (χ0n) is 18.1. The van der Waals surface area contributed by atoms with Gasteiger partial charge in [0.15, 0.2) is 11.8 Å². The van der Waals surface area contributed by atoms with Gasteiger partial charge in [-0.3, -0.25) is 9.89 Å². The Morgan fingerprint density at radius 1 is 1.20 bits per heavy atom. The molecule has 1 atom stereocenters. The van der Waals surface area contributed by atoms with Crippen molar-refractivity contribution in [2.24, 2.45) is 4.99 Å².